The molecule has 0 spiro atoms. The smallest absolute Gasteiger partial charge is 0.330 e. The summed E-state index contributed by atoms with van der Waals surface area (Å²) in [6.45, 7) is 2.02. The summed E-state index contributed by atoms with van der Waals surface area (Å²) in [7, 11) is 1.55. The fourth-order valence-corrected chi connectivity index (χ4v) is 3.19. The van der Waals surface area contributed by atoms with E-state index >= 15 is 0 Å². The van der Waals surface area contributed by atoms with Crippen molar-refractivity contribution >= 4 is 39.1 Å². The summed E-state index contributed by atoms with van der Waals surface area (Å²) >= 11 is 4.49. The van der Waals surface area contributed by atoms with Gasteiger partial charge in [-0.05, 0) is 24.6 Å². The quantitative estimate of drug-likeness (QED) is 0.780. The van der Waals surface area contributed by atoms with Gasteiger partial charge in [0.05, 0.1) is 12.3 Å². The molecular formula is C15H15BrN2O4S. The largest absolute Gasteiger partial charge is 0.479 e. The minimum absolute atomic E-state index is 0.313. The van der Waals surface area contributed by atoms with Crippen LogP contribution in [0.2, 0.25) is 0 Å². The normalized spacial score (nSPS) is 12.0. The summed E-state index contributed by atoms with van der Waals surface area (Å²) < 4.78 is 5.83. The van der Waals surface area contributed by atoms with Crippen LogP contribution in [0.4, 0.5) is 0 Å². The number of amides is 1. The Morgan fingerprint density at radius 2 is 2.04 bits per heavy atom. The molecule has 2 rings (SSSR count). The molecule has 0 bridgehead atoms. The van der Waals surface area contributed by atoms with Crippen molar-refractivity contribution in [2.45, 2.75) is 19.6 Å². The molecule has 2 aromatic rings. The van der Waals surface area contributed by atoms with E-state index in [1.165, 1.54) is 11.3 Å². The van der Waals surface area contributed by atoms with Gasteiger partial charge in [-0.15, -0.1) is 11.3 Å². The summed E-state index contributed by atoms with van der Waals surface area (Å²) in [4.78, 5) is 28.5. The maximum Gasteiger partial charge on any atom is 0.330 e. The average Bonchev–Trinajstić information content (AvgIpc) is 2.86. The van der Waals surface area contributed by atoms with Crippen molar-refractivity contribution in [1.82, 2.24) is 10.3 Å². The van der Waals surface area contributed by atoms with E-state index in [4.69, 9.17) is 4.74 Å². The van der Waals surface area contributed by atoms with Crippen LogP contribution < -0.4 is 5.32 Å². The van der Waals surface area contributed by atoms with Crippen LogP contribution in [0.1, 0.15) is 32.0 Å². The van der Waals surface area contributed by atoms with Gasteiger partial charge in [0.15, 0.2) is 6.04 Å². The Kier molecular flexibility index (Phi) is 5.86. The van der Waals surface area contributed by atoms with E-state index in [-0.39, 0.29) is 0 Å². The van der Waals surface area contributed by atoms with Gasteiger partial charge in [-0.25, -0.2) is 9.78 Å². The SMILES string of the molecule is COCc1nc(C)c(C(=O)NC(C(=O)O)c2ccc(Br)cc2)s1. The molecule has 122 valence electrons. The van der Waals surface area contributed by atoms with E-state index in [9.17, 15) is 14.7 Å². The molecule has 0 aliphatic carbocycles. The number of benzene rings is 1. The van der Waals surface area contributed by atoms with Gasteiger partial charge < -0.3 is 15.2 Å². The van der Waals surface area contributed by atoms with E-state index in [1.54, 1.807) is 38.3 Å². The topological polar surface area (TPSA) is 88.5 Å². The zero-order valence-electron chi connectivity index (χ0n) is 12.5. The van der Waals surface area contributed by atoms with Crippen molar-refractivity contribution in [3.8, 4) is 0 Å². The number of hydrogen-bond donors (Lipinski definition) is 2. The third-order valence-electron chi connectivity index (χ3n) is 3.04. The molecule has 1 amide bonds. The predicted molar refractivity (Wildman–Crippen MR) is 89.5 cm³/mol. The first-order valence-electron chi connectivity index (χ1n) is 6.66. The zero-order chi connectivity index (χ0) is 17.0. The lowest BCUT2D eigenvalue weighted by atomic mass is 10.1. The highest BCUT2D eigenvalue weighted by molar-refractivity contribution is 9.10. The lowest BCUT2D eigenvalue weighted by Crippen LogP contribution is -2.33. The Labute approximate surface area is 145 Å². The Morgan fingerprint density at radius 1 is 1.39 bits per heavy atom. The number of rotatable bonds is 6. The van der Waals surface area contributed by atoms with Crippen LogP contribution in [0.15, 0.2) is 28.7 Å². The van der Waals surface area contributed by atoms with Crippen LogP contribution in [0.3, 0.4) is 0 Å². The first kappa shape index (κ1) is 17.6. The molecule has 0 fully saturated rings. The van der Waals surface area contributed by atoms with Gasteiger partial charge in [0.1, 0.15) is 9.88 Å². The number of aryl methyl sites for hydroxylation is 1. The van der Waals surface area contributed by atoms with Gasteiger partial charge in [-0.3, -0.25) is 4.79 Å². The highest BCUT2D eigenvalue weighted by atomic mass is 79.9. The minimum Gasteiger partial charge on any atom is -0.479 e. The number of hydrogen-bond acceptors (Lipinski definition) is 5. The van der Waals surface area contributed by atoms with Crippen LogP contribution in [-0.2, 0) is 16.1 Å². The van der Waals surface area contributed by atoms with Gasteiger partial charge in [0.2, 0.25) is 0 Å². The molecule has 8 heteroatoms. The molecule has 1 heterocycles. The van der Waals surface area contributed by atoms with Crippen molar-refractivity contribution in [3.63, 3.8) is 0 Å². The number of thiazole rings is 1. The number of carboxylic acid groups (broad SMARTS) is 1. The lowest BCUT2D eigenvalue weighted by molar-refractivity contribution is -0.139. The molecule has 0 aliphatic rings. The van der Waals surface area contributed by atoms with Gasteiger partial charge in [-0.1, -0.05) is 28.1 Å². The third kappa shape index (κ3) is 4.37. The second-order valence-electron chi connectivity index (χ2n) is 4.75. The number of carboxylic acids is 1. The summed E-state index contributed by atoms with van der Waals surface area (Å²) in [5.74, 6) is -1.59. The van der Waals surface area contributed by atoms with E-state index in [2.05, 4.69) is 26.2 Å². The number of aliphatic carboxylic acids is 1. The number of carbonyl (C=O) groups is 2. The number of nitrogens with zero attached hydrogens (tertiary/aromatic N) is 1. The monoisotopic (exact) mass is 398 g/mol. The molecule has 23 heavy (non-hydrogen) atoms. The van der Waals surface area contributed by atoms with Crippen molar-refractivity contribution in [2.24, 2.45) is 0 Å². The second-order valence-corrected chi connectivity index (χ2v) is 6.75. The number of halogens is 1. The number of nitrogens with one attached hydrogen (secondary N) is 1. The van der Waals surface area contributed by atoms with Crippen LogP contribution >= 0.6 is 27.3 Å². The third-order valence-corrected chi connectivity index (χ3v) is 4.70. The van der Waals surface area contributed by atoms with Crippen LogP contribution in [-0.4, -0.2) is 29.1 Å². The average molecular weight is 399 g/mol. The Balaban J connectivity index is 2.21. The Hall–Kier alpha value is -1.77. The molecule has 0 radical (unpaired) electrons. The molecular weight excluding hydrogens is 384 g/mol. The Bertz CT molecular complexity index is 715. The maximum absolute atomic E-state index is 12.4. The number of aromatic nitrogens is 1. The molecule has 0 aliphatic heterocycles. The maximum atomic E-state index is 12.4. The van der Waals surface area contributed by atoms with Crippen LogP contribution in [0, 0.1) is 6.92 Å². The molecule has 1 aromatic carbocycles. The molecule has 1 aromatic heterocycles. The molecule has 0 saturated carbocycles. The van der Waals surface area contributed by atoms with E-state index in [1.807, 2.05) is 0 Å². The summed E-state index contributed by atoms with van der Waals surface area (Å²) in [6, 6.07) is 5.64. The molecule has 2 N–H and O–H groups in total. The van der Waals surface area contributed by atoms with E-state index in [0.29, 0.717) is 27.7 Å². The molecule has 1 unspecified atom stereocenters. The number of carbonyl (C=O) groups excluding carboxylic acids is 1. The van der Waals surface area contributed by atoms with Gasteiger partial charge in [0, 0.05) is 11.6 Å². The van der Waals surface area contributed by atoms with Crippen molar-refractivity contribution in [1.29, 1.82) is 0 Å². The first-order valence-corrected chi connectivity index (χ1v) is 8.27. The van der Waals surface area contributed by atoms with Crippen LogP contribution in [0.5, 0.6) is 0 Å². The standard InChI is InChI=1S/C15H15BrN2O4S/c1-8-13(23-11(17-8)7-22-2)14(19)18-12(15(20)21)9-3-5-10(16)6-4-9/h3-6,12H,7H2,1-2H3,(H,18,19)(H,20,21). The zero-order valence-corrected chi connectivity index (χ0v) is 14.9. The van der Waals surface area contributed by atoms with E-state index < -0.39 is 17.9 Å². The highest BCUT2D eigenvalue weighted by Crippen LogP contribution is 2.22. The first-order chi connectivity index (χ1) is 10.9. The highest BCUT2D eigenvalue weighted by Gasteiger charge is 2.25. The summed E-state index contributed by atoms with van der Waals surface area (Å²) in [5.41, 5.74) is 1.05. The second kappa shape index (κ2) is 7.67. The lowest BCUT2D eigenvalue weighted by Gasteiger charge is -2.14. The van der Waals surface area contributed by atoms with Crippen molar-refractivity contribution in [3.05, 3.63) is 49.9 Å². The predicted octanol–water partition coefficient (Wildman–Crippen LogP) is 2.92. The van der Waals surface area contributed by atoms with E-state index in [0.717, 1.165) is 4.47 Å². The fourth-order valence-electron chi connectivity index (χ4n) is 1.99. The fraction of sp³-hybridized carbons (Fsp3) is 0.267. The number of methoxy groups -OCH3 is 1. The van der Waals surface area contributed by atoms with Crippen molar-refractivity contribution < 1.29 is 19.4 Å². The molecule has 1 atom stereocenters. The van der Waals surface area contributed by atoms with Gasteiger partial charge in [0.25, 0.3) is 5.91 Å². The van der Waals surface area contributed by atoms with Crippen molar-refractivity contribution in [2.75, 3.05) is 7.11 Å². The number of ether oxygens (including phenoxy) is 1. The molecule has 6 nitrogen and oxygen atoms in total. The van der Waals surface area contributed by atoms with Crippen LogP contribution in [0.25, 0.3) is 0 Å². The Morgan fingerprint density at radius 3 is 2.61 bits per heavy atom. The van der Waals surface area contributed by atoms with Gasteiger partial charge in [-0.2, -0.15) is 0 Å². The summed E-state index contributed by atoms with van der Waals surface area (Å²) in [6.07, 6.45) is 0. The summed E-state index contributed by atoms with van der Waals surface area (Å²) in [5, 5.41) is 12.6. The minimum atomic E-state index is -1.13. The molecule has 0 saturated heterocycles. The van der Waals surface area contributed by atoms with Gasteiger partial charge >= 0.3 is 5.97 Å².